The molecule has 1 saturated heterocycles. The maximum absolute atomic E-state index is 5.88. The van der Waals surface area contributed by atoms with E-state index in [1.165, 1.54) is 30.4 Å². The summed E-state index contributed by atoms with van der Waals surface area (Å²) in [6.45, 7) is 3.15. The number of rotatable bonds is 5. The molecule has 3 heteroatoms. The van der Waals surface area contributed by atoms with Crippen LogP contribution in [0.15, 0.2) is 54.6 Å². The molecule has 0 amide bonds. The zero-order chi connectivity index (χ0) is 14.3. The van der Waals surface area contributed by atoms with Crippen molar-refractivity contribution in [2.45, 2.75) is 19.3 Å². The fourth-order valence-corrected chi connectivity index (χ4v) is 2.89. The van der Waals surface area contributed by atoms with Crippen molar-refractivity contribution in [3.63, 3.8) is 0 Å². The summed E-state index contributed by atoms with van der Waals surface area (Å²) in [6.07, 6.45) is 3.74. The lowest BCUT2D eigenvalue weighted by Gasteiger charge is -2.22. The average molecular weight is 318 g/mol. The van der Waals surface area contributed by atoms with Gasteiger partial charge in [-0.2, -0.15) is 0 Å². The predicted molar refractivity (Wildman–Crippen MR) is 94.8 cm³/mol. The van der Waals surface area contributed by atoms with Gasteiger partial charge in [0.15, 0.2) is 0 Å². The molecule has 118 valence electrons. The van der Waals surface area contributed by atoms with E-state index in [2.05, 4.69) is 53.8 Å². The van der Waals surface area contributed by atoms with Crippen LogP contribution in [0.2, 0.25) is 0 Å². The highest BCUT2D eigenvalue weighted by molar-refractivity contribution is 5.85. The summed E-state index contributed by atoms with van der Waals surface area (Å²) in [5, 5.41) is 3.40. The van der Waals surface area contributed by atoms with Crippen molar-refractivity contribution in [2.75, 3.05) is 19.7 Å². The smallest absolute Gasteiger partial charge is 0.119 e. The second-order valence-electron chi connectivity index (χ2n) is 5.72. The Hall–Kier alpha value is -1.51. The number of nitrogens with one attached hydrogen (secondary N) is 1. The Morgan fingerprint density at radius 2 is 1.50 bits per heavy atom. The van der Waals surface area contributed by atoms with Crippen molar-refractivity contribution < 1.29 is 4.74 Å². The molecule has 0 saturated carbocycles. The third-order valence-electron chi connectivity index (χ3n) is 4.21. The van der Waals surface area contributed by atoms with E-state index in [9.17, 15) is 0 Å². The van der Waals surface area contributed by atoms with Crippen molar-refractivity contribution in [2.24, 2.45) is 5.92 Å². The number of hydrogen-bond donors (Lipinski definition) is 1. The van der Waals surface area contributed by atoms with Gasteiger partial charge in [0.1, 0.15) is 5.75 Å². The Morgan fingerprint density at radius 3 is 2.18 bits per heavy atom. The number of hydrogen-bond acceptors (Lipinski definition) is 2. The molecule has 0 radical (unpaired) electrons. The van der Waals surface area contributed by atoms with Gasteiger partial charge in [-0.3, -0.25) is 0 Å². The van der Waals surface area contributed by atoms with Crippen molar-refractivity contribution in [3.8, 4) is 16.9 Å². The predicted octanol–water partition coefficient (Wildman–Crippen LogP) is 4.54. The molecule has 0 aromatic heterocycles. The quantitative estimate of drug-likeness (QED) is 0.874. The van der Waals surface area contributed by atoms with Crippen LogP contribution in [0, 0.1) is 5.92 Å². The summed E-state index contributed by atoms with van der Waals surface area (Å²) in [5.41, 5.74) is 2.49. The molecule has 1 N–H and O–H groups in total. The third kappa shape index (κ3) is 4.75. The Balaban J connectivity index is 0.00000176. The average Bonchev–Trinajstić information content (AvgIpc) is 2.57. The molecule has 1 aliphatic heterocycles. The lowest BCUT2D eigenvalue weighted by molar-refractivity contribution is 0.252. The number of ether oxygens (including phenoxy) is 1. The summed E-state index contributed by atoms with van der Waals surface area (Å²) in [7, 11) is 0. The highest BCUT2D eigenvalue weighted by atomic mass is 35.5. The lowest BCUT2D eigenvalue weighted by atomic mass is 9.95. The van der Waals surface area contributed by atoms with Crippen molar-refractivity contribution in [3.05, 3.63) is 54.6 Å². The van der Waals surface area contributed by atoms with Crippen molar-refractivity contribution >= 4 is 12.4 Å². The second kappa shape index (κ2) is 8.82. The molecule has 0 bridgehead atoms. The lowest BCUT2D eigenvalue weighted by Crippen LogP contribution is -2.28. The zero-order valence-corrected chi connectivity index (χ0v) is 13.6. The molecule has 22 heavy (non-hydrogen) atoms. The van der Waals surface area contributed by atoms with Gasteiger partial charge in [-0.05, 0) is 61.5 Å². The van der Waals surface area contributed by atoms with Crippen LogP contribution in [0.25, 0.3) is 11.1 Å². The van der Waals surface area contributed by atoms with Crippen LogP contribution in [0.4, 0.5) is 0 Å². The number of halogens is 1. The summed E-state index contributed by atoms with van der Waals surface area (Å²) in [5.74, 6) is 1.80. The molecule has 3 rings (SSSR count). The maximum atomic E-state index is 5.88. The van der Waals surface area contributed by atoms with Crippen LogP contribution in [0.5, 0.6) is 5.75 Å². The van der Waals surface area contributed by atoms with E-state index in [-0.39, 0.29) is 12.4 Å². The minimum atomic E-state index is 0. The minimum absolute atomic E-state index is 0. The Kier molecular flexibility index (Phi) is 6.75. The zero-order valence-electron chi connectivity index (χ0n) is 12.8. The van der Waals surface area contributed by atoms with Gasteiger partial charge >= 0.3 is 0 Å². The molecule has 1 fully saturated rings. The van der Waals surface area contributed by atoms with Gasteiger partial charge in [0.25, 0.3) is 0 Å². The van der Waals surface area contributed by atoms with Crippen molar-refractivity contribution in [1.82, 2.24) is 5.32 Å². The number of benzene rings is 2. The summed E-state index contributed by atoms with van der Waals surface area (Å²) >= 11 is 0. The third-order valence-corrected chi connectivity index (χ3v) is 4.21. The second-order valence-corrected chi connectivity index (χ2v) is 5.72. The van der Waals surface area contributed by atoms with Gasteiger partial charge in [-0.1, -0.05) is 42.5 Å². The largest absolute Gasteiger partial charge is 0.494 e. The number of piperidine rings is 1. The van der Waals surface area contributed by atoms with E-state index >= 15 is 0 Å². The summed E-state index contributed by atoms with van der Waals surface area (Å²) in [6, 6.07) is 18.9. The maximum Gasteiger partial charge on any atom is 0.119 e. The van der Waals surface area contributed by atoms with E-state index in [0.717, 1.165) is 31.4 Å². The van der Waals surface area contributed by atoms with Crippen LogP contribution < -0.4 is 10.1 Å². The SMILES string of the molecule is Cl.c1ccc(-c2ccc(OCCC3CCNCC3)cc2)cc1. The minimum Gasteiger partial charge on any atom is -0.494 e. The van der Waals surface area contributed by atoms with E-state index in [1.54, 1.807) is 0 Å². The van der Waals surface area contributed by atoms with Gasteiger partial charge in [-0.25, -0.2) is 0 Å². The highest BCUT2D eigenvalue weighted by Crippen LogP contribution is 2.23. The van der Waals surface area contributed by atoms with E-state index in [4.69, 9.17) is 4.74 Å². The van der Waals surface area contributed by atoms with Crippen LogP contribution in [0.1, 0.15) is 19.3 Å². The van der Waals surface area contributed by atoms with Crippen LogP contribution >= 0.6 is 12.4 Å². The fraction of sp³-hybridized carbons (Fsp3) is 0.368. The van der Waals surface area contributed by atoms with Crippen molar-refractivity contribution in [1.29, 1.82) is 0 Å². The Morgan fingerprint density at radius 1 is 0.864 bits per heavy atom. The monoisotopic (exact) mass is 317 g/mol. The molecule has 1 aliphatic rings. The molecule has 2 aromatic rings. The highest BCUT2D eigenvalue weighted by Gasteiger charge is 2.12. The van der Waals surface area contributed by atoms with Gasteiger partial charge in [0, 0.05) is 0 Å². The van der Waals surface area contributed by atoms with Gasteiger partial charge < -0.3 is 10.1 Å². The normalized spacial score (nSPS) is 15.1. The molecular weight excluding hydrogens is 294 g/mol. The summed E-state index contributed by atoms with van der Waals surface area (Å²) in [4.78, 5) is 0. The van der Waals surface area contributed by atoms with E-state index < -0.39 is 0 Å². The van der Waals surface area contributed by atoms with Gasteiger partial charge in [0.05, 0.1) is 6.61 Å². The Labute approximate surface area is 139 Å². The topological polar surface area (TPSA) is 21.3 Å². The van der Waals surface area contributed by atoms with E-state index in [1.807, 2.05) is 6.07 Å². The molecule has 1 heterocycles. The molecule has 2 nitrogen and oxygen atoms in total. The first kappa shape index (κ1) is 16.9. The standard InChI is InChI=1S/C19H23NO.ClH/c1-2-4-17(5-3-1)18-6-8-19(9-7-18)21-15-12-16-10-13-20-14-11-16;/h1-9,16,20H,10-15H2;1H. The fourth-order valence-electron chi connectivity index (χ4n) is 2.89. The molecular formula is C19H24ClNO. The van der Waals surface area contributed by atoms with Crippen LogP contribution in [0.3, 0.4) is 0 Å². The van der Waals surface area contributed by atoms with E-state index in [0.29, 0.717) is 0 Å². The Bertz CT molecular complexity index is 535. The molecule has 0 spiro atoms. The first-order valence-electron chi connectivity index (χ1n) is 7.91. The molecule has 0 atom stereocenters. The van der Waals surface area contributed by atoms with Gasteiger partial charge in [0.2, 0.25) is 0 Å². The summed E-state index contributed by atoms with van der Waals surface area (Å²) < 4.78 is 5.88. The molecule has 0 aliphatic carbocycles. The molecule has 0 unspecified atom stereocenters. The van der Waals surface area contributed by atoms with Crippen LogP contribution in [-0.4, -0.2) is 19.7 Å². The first-order chi connectivity index (χ1) is 10.4. The molecule has 2 aromatic carbocycles. The van der Waals surface area contributed by atoms with Crippen LogP contribution in [-0.2, 0) is 0 Å². The van der Waals surface area contributed by atoms with Gasteiger partial charge in [-0.15, -0.1) is 12.4 Å². The first-order valence-corrected chi connectivity index (χ1v) is 7.91.